The van der Waals surface area contributed by atoms with Crippen LogP contribution >= 0.6 is 0 Å². The number of carbonyl (C=O) groups excluding carboxylic acids is 1. The molecule has 5 heteroatoms. The van der Waals surface area contributed by atoms with Crippen LogP contribution in [0.25, 0.3) is 0 Å². The second-order valence-electron chi connectivity index (χ2n) is 7.29. The van der Waals surface area contributed by atoms with E-state index >= 15 is 0 Å². The molecule has 1 aliphatic heterocycles. The van der Waals surface area contributed by atoms with Gasteiger partial charge in [-0.25, -0.2) is 0 Å². The largest absolute Gasteiger partial charge is 0.339 e. The van der Waals surface area contributed by atoms with E-state index in [2.05, 4.69) is 34.7 Å². The minimum atomic E-state index is 0.134. The normalized spacial score (nSPS) is 16.1. The third-order valence-corrected chi connectivity index (χ3v) is 5.37. The highest BCUT2D eigenvalue weighted by Gasteiger charge is 2.25. The van der Waals surface area contributed by atoms with Gasteiger partial charge in [0, 0.05) is 37.1 Å². The van der Waals surface area contributed by atoms with E-state index < -0.39 is 0 Å². The molecule has 1 fully saturated rings. The zero-order valence-corrected chi connectivity index (χ0v) is 15.9. The minimum Gasteiger partial charge on any atom is -0.339 e. The fraction of sp³-hybridized carbons (Fsp3) is 0.304. The van der Waals surface area contributed by atoms with E-state index in [1.54, 1.807) is 0 Å². The maximum atomic E-state index is 12.7. The topological polar surface area (TPSA) is 50.2 Å². The van der Waals surface area contributed by atoms with Crippen molar-refractivity contribution in [2.75, 3.05) is 13.1 Å². The van der Waals surface area contributed by atoms with Gasteiger partial charge in [-0.05, 0) is 36.6 Å². The summed E-state index contributed by atoms with van der Waals surface area (Å²) >= 11 is 0. The van der Waals surface area contributed by atoms with Crippen molar-refractivity contribution >= 4 is 5.91 Å². The molecule has 1 aliphatic rings. The molecule has 2 aromatic carbocycles. The number of benzene rings is 2. The molecule has 5 nitrogen and oxygen atoms in total. The molecule has 1 saturated heterocycles. The molecule has 0 saturated carbocycles. The Hall–Kier alpha value is -2.92. The number of hydrogen-bond donors (Lipinski definition) is 1. The number of piperidine rings is 1. The molecule has 144 valence electrons. The van der Waals surface area contributed by atoms with Gasteiger partial charge >= 0.3 is 0 Å². The van der Waals surface area contributed by atoms with E-state index in [-0.39, 0.29) is 11.9 Å². The molecular weight excluding hydrogens is 348 g/mol. The van der Waals surface area contributed by atoms with Crippen LogP contribution in [0, 0.1) is 0 Å². The highest BCUT2D eigenvalue weighted by Crippen LogP contribution is 2.20. The number of aromatic nitrogens is 2. The number of carbonyl (C=O) groups is 1. The van der Waals surface area contributed by atoms with Gasteiger partial charge in [-0.2, -0.15) is 5.10 Å². The Balaban J connectivity index is 1.38. The summed E-state index contributed by atoms with van der Waals surface area (Å²) in [6, 6.07) is 22.6. The van der Waals surface area contributed by atoms with E-state index in [1.807, 2.05) is 64.4 Å². The standard InChI is InChI=1S/C23H26N4O/c28-23(20-10-5-2-6-11-20)26-16-12-21(13-17-26)25-22(18-27-15-7-14-24-27)19-8-3-1-4-9-19/h1-11,14-15,21-22,25H,12-13,16-18H2. The maximum absolute atomic E-state index is 12.7. The molecule has 1 aromatic heterocycles. The first-order chi connectivity index (χ1) is 13.8. The summed E-state index contributed by atoms with van der Waals surface area (Å²) in [5.41, 5.74) is 2.04. The lowest BCUT2D eigenvalue weighted by Crippen LogP contribution is -2.46. The first kappa shape index (κ1) is 18.4. The van der Waals surface area contributed by atoms with Gasteiger partial charge in [0.2, 0.25) is 0 Å². The first-order valence-electron chi connectivity index (χ1n) is 9.92. The predicted octanol–water partition coefficient (Wildman–Crippen LogP) is 3.52. The lowest BCUT2D eigenvalue weighted by molar-refractivity contribution is 0.0700. The van der Waals surface area contributed by atoms with Crippen LogP contribution in [-0.4, -0.2) is 39.7 Å². The summed E-state index contributed by atoms with van der Waals surface area (Å²) in [6.07, 6.45) is 5.73. The average molecular weight is 374 g/mol. The minimum absolute atomic E-state index is 0.134. The molecule has 0 spiro atoms. The second kappa shape index (κ2) is 8.85. The Morgan fingerprint density at radius 2 is 1.68 bits per heavy atom. The van der Waals surface area contributed by atoms with Crippen LogP contribution < -0.4 is 5.32 Å². The van der Waals surface area contributed by atoms with Crippen LogP contribution in [0.3, 0.4) is 0 Å². The van der Waals surface area contributed by atoms with Crippen LogP contribution in [0.5, 0.6) is 0 Å². The summed E-state index contributed by atoms with van der Waals surface area (Å²) in [5.74, 6) is 0.134. The molecule has 1 amide bonds. The van der Waals surface area contributed by atoms with Crippen molar-refractivity contribution in [3.05, 3.63) is 90.3 Å². The van der Waals surface area contributed by atoms with Crippen molar-refractivity contribution < 1.29 is 4.79 Å². The lowest BCUT2D eigenvalue weighted by Gasteiger charge is -2.35. The van der Waals surface area contributed by atoms with E-state index in [9.17, 15) is 4.79 Å². The quantitative estimate of drug-likeness (QED) is 0.718. The smallest absolute Gasteiger partial charge is 0.253 e. The molecule has 28 heavy (non-hydrogen) atoms. The summed E-state index contributed by atoms with van der Waals surface area (Å²) in [6.45, 7) is 2.36. The van der Waals surface area contributed by atoms with Gasteiger partial charge in [0.1, 0.15) is 0 Å². The molecule has 0 aliphatic carbocycles. The molecule has 3 aromatic rings. The lowest BCUT2D eigenvalue weighted by atomic mass is 10.00. The van der Waals surface area contributed by atoms with Crippen LogP contribution in [0.15, 0.2) is 79.1 Å². The molecule has 2 heterocycles. The number of likely N-dealkylation sites (tertiary alicyclic amines) is 1. The van der Waals surface area contributed by atoms with Crippen molar-refractivity contribution in [2.45, 2.75) is 31.5 Å². The van der Waals surface area contributed by atoms with Crippen molar-refractivity contribution in [2.24, 2.45) is 0 Å². The Labute approximate surface area is 166 Å². The molecule has 1 unspecified atom stereocenters. The number of amides is 1. The molecule has 0 bridgehead atoms. The van der Waals surface area contributed by atoms with Crippen molar-refractivity contribution in [1.82, 2.24) is 20.0 Å². The third-order valence-electron chi connectivity index (χ3n) is 5.37. The zero-order valence-electron chi connectivity index (χ0n) is 15.9. The van der Waals surface area contributed by atoms with Gasteiger partial charge in [0.15, 0.2) is 0 Å². The first-order valence-corrected chi connectivity index (χ1v) is 9.92. The number of nitrogens with one attached hydrogen (secondary N) is 1. The van der Waals surface area contributed by atoms with Crippen LogP contribution in [0.1, 0.15) is 34.8 Å². The fourth-order valence-corrected chi connectivity index (χ4v) is 3.83. The van der Waals surface area contributed by atoms with E-state index in [1.165, 1.54) is 5.56 Å². The number of rotatable bonds is 6. The van der Waals surface area contributed by atoms with Gasteiger partial charge in [-0.3, -0.25) is 9.48 Å². The second-order valence-corrected chi connectivity index (χ2v) is 7.29. The van der Waals surface area contributed by atoms with Crippen molar-refractivity contribution in [3.63, 3.8) is 0 Å². The maximum Gasteiger partial charge on any atom is 0.253 e. The van der Waals surface area contributed by atoms with E-state index in [4.69, 9.17) is 0 Å². The number of nitrogens with zero attached hydrogens (tertiary/aromatic N) is 3. The predicted molar refractivity (Wildman–Crippen MR) is 110 cm³/mol. The van der Waals surface area contributed by atoms with Gasteiger partial charge in [0.05, 0.1) is 12.6 Å². The van der Waals surface area contributed by atoms with E-state index in [0.29, 0.717) is 6.04 Å². The van der Waals surface area contributed by atoms with Crippen molar-refractivity contribution in [1.29, 1.82) is 0 Å². The summed E-state index contributed by atoms with van der Waals surface area (Å²) < 4.78 is 1.97. The zero-order chi connectivity index (χ0) is 19.2. The van der Waals surface area contributed by atoms with Gasteiger partial charge in [-0.1, -0.05) is 48.5 Å². The monoisotopic (exact) mass is 374 g/mol. The summed E-state index contributed by atoms with van der Waals surface area (Å²) in [7, 11) is 0. The Bertz CT molecular complexity index is 856. The van der Waals surface area contributed by atoms with Crippen molar-refractivity contribution in [3.8, 4) is 0 Å². The van der Waals surface area contributed by atoms with Crippen LogP contribution in [-0.2, 0) is 6.54 Å². The Morgan fingerprint density at radius 3 is 2.32 bits per heavy atom. The Kier molecular flexibility index (Phi) is 5.83. The van der Waals surface area contributed by atoms with Crippen LogP contribution in [0.2, 0.25) is 0 Å². The highest BCUT2D eigenvalue weighted by molar-refractivity contribution is 5.94. The van der Waals surface area contributed by atoms with Crippen LogP contribution in [0.4, 0.5) is 0 Å². The van der Waals surface area contributed by atoms with Gasteiger partial charge in [0.25, 0.3) is 5.91 Å². The average Bonchev–Trinajstić information content (AvgIpc) is 3.28. The molecule has 4 rings (SSSR count). The SMILES string of the molecule is O=C(c1ccccc1)N1CCC(NC(Cn2cccn2)c2ccccc2)CC1. The number of hydrogen-bond acceptors (Lipinski definition) is 3. The molecule has 1 N–H and O–H groups in total. The van der Waals surface area contributed by atoms with Gasteiger partial charge in [-0.15, -0.1) is 0 Å². The highest BCUT2D eigenvalue weighted by atomic mass is 16.2. The molecule has 0 radical (unpaired) electrons. The van der Waals surface area contributed by atoms with Gasteiger partial charge < -0.3 is 10.2 Å². The summed E-state index contributed by atoms with van der Waals surface area (Å²) in [5, 5.41) is 8.18. The summed E-state index contributed by atoms with van der Waals surface area (Å²) in [4.78, 5) is 14.6. The van der Waals surface area contributed by atoms with E-state index in [0.717, 1.165) is 38.0 Å². The third kappa shape index (κ3) is 4.49. The fourth-order valence-electron chi connectivity index (χ4n) is 3.83. The molecule has 1 atom stereocenters. The Morgan fingerprint density at radius 1 is 1.00 bits per heavy atom. The molecular formula is C23H26N4O.